The van der Waals surface area contributed by atoms with Crippen molar-refractivity contribution in [1.29, 1.82) is 0 Å². The van der Waals surface area contributed by atoms with Gasteiger partial charge in [-0.1, -0.05) is 42.5 Å². The second-order valence-corrected chi connectivity index (χ2v) is 6.73. The van der Waals surface area contributed by atoms with Crippen LogP contribution < -0.4 is 10.0 Å². The Labute approximate surface area is 158 Å². The molecular weight excluding hydrogens is 342 g/mol. The summed E-state index contributed by atoms with van der Waals surface area (Å²) >= 11 is 0. The topological polar surface area (TPSA) is 76.0 Å². The van der Waals surface area contributed by atoms with Crippen LogP contribution in [-0.4, -0.2) is 36.7 Å². The van der Waals surface area contributed by atoms with Crippen molar-refractivity contribution >= 4 is 23.3 Å². The summed E-state index contributed by atoms with van der Waals surface area (Å²) in [6, 6.07) is 17.4. The Bertz CT molecular complexity index is 845. The molecule has 0 radical (unpaired) electrons. The van der Waals surface area contributed by atoms with Crippen molar-refractivity contribution in [3.05, 3.63) is 65.7 Å². The monoisotopic (exact) mass is 364 g/mol. The molecule has 3 rings (SSSR count). The van der Waals surface area contributed by atoms with Crippen molar-refractivity contribution in [2.24, 2.45) is 5.10 Å². The van der Waals surface area contributed by atoms with E-state index in [-0.39, 0.29) is 24.8 Å². The zero-order valence-corrected chi connectivity index (χ0v) is 15.5. The first kappa shape index (κ1) is 18.6. The number of carbonyl (C=O) groups excluding carboxylic acids is 2. The van der Waals surface area contributed by atoms with Gasteiger partial charge >= 0.3 is 0 Å². The van der Waals surface area contributed by atoms with Crippen molar-refractivity contribution in [3.63, 3.8) is 0 Å². The van der Waals surface area contributed by atoms with Gasteiger partial charge in [0.1, 0.15) is 0 Å². The van der Waals surface area contributed by atoms with Crippen LogP contribution in [0, 0.1) is 0 Å². The molecule has 2 aromatic rings. The highest BCUT2D eigenvalue weighted by atomic mass is 16.4. The van der Waals surface area contributed by atoms with Gasteiger partial charge in [0.05, 0.1) is 11.8 Å². The highest BCUT2D eigenvalue weighted by molar-refractivity contribution is 6.03. The quantitative estimate of drug-likeness (QED) is 0.785. The molecule has 6 heteroatoms. The van der Waals surface area contributed by atoms with Crippen LogP contribution in [0.25, 0.3) is 0 Å². The highest BCUT2D eigenvalue weighted by Crippen LogP contribution is 2.34. The zero-order valence-electron chi connectivity index (χ0n) is 15.5. The number of hydrazone groups is 1. The van der Waals surface area contributed by atoms with Crippen molar-refractivity contribution in [2.45, 2.75) is 25.3 Å². The lowest BCUT2D eigenvalue weighted by molar-refractivity contribution is -0.305. The Kier molecular flexibility index (Phi) is 5.54. The number of carboxylic acids is 1. The van der Waals surface area contributed by atoms with Crippen LogP contribution in [0.3, 0.4) is 0 Å². The van der Waals surface area contributed by atoms with Gasteiger partial charge in [-0.05, 0) is 29.7 Å². The van der Waals surface area contributed by atoms with Gasteiger partial charge < -0.3 is 14.8 Å². The molecule has 0 bridgehead atoms. The fraction of sp³-hybridized carbons (Fsp3) is 0.286. The Morgan fingerprint density at radius 3 is 2.33 bits per heavy atom. The zero-order chi connectivity index (χ0) is 19.4. The molecule has 0 N–H and O–H groups in total. The average Bonchev–Trinajstić information content (AvgIpc) is 3.12. The van der Waals surface area contributed by atoms with Crippen molar-refractivity contribution in [3.8, 4) is 0 Å². The number of anilines is 1. The summed E-state index contributed by atoms with van der Waals surface area (Å²) in [5.74, 6) is -1.55. The number of nitrogens with zero attached hydrogens (tertiary/aromatic N) is 3. The van der Waals surface area contributed by atoms with E-state index in [4.69, 9.17) is 0 Å². The Balaban J connectivity index is 1.88. The highest BCUT2D eigenvalue weighted by Gasteiger charge is 2.32. The number of carboxylic acid groups (broad SMARTS) is 1. The molecule has 0 fully saturated rings. The van der Waals surface area contributed by atoms with Crippen molar-refractivity contribution in [1.82, 2.24) is 5.01 Å². The molecule has 1 aliphatic heterocycles. The van der Waals surface area contributed by atoms with Crippen LogP contribution in [0.2, 0.25) is 0 Å². The summed E-state index contributed by atoms with van der Waals surface area (Å²) in [6.07, 6.45) is 0.153. The molecule has 27 heavy (non-hydrogen) atoms. The third-order valence-electron chi connectivity index (χ3n) is 4.61. The smallest absolute Gasteiger partial charge is 0.243 e. The Morgan fingerprint density at radius 1 is 1.07 bits per heavy atom. The van der Waals surface area contributed by atoms with E-state index in [2.05, 4.69) is 5.10 Å². The van der Waals surface area contributed by atoms with E-state index in [0.29, 0.717) is 6.42 Å². The van der Waals surface area contributed by atoms with E-state index in [0.717, 1.165) is 22.5 Å². The number of carbonyl (C=O) groups is 2. The van der Waals surface area contributed by atoms with E-state index < -0.39 is 5.97 Å². The van der Waals surface area contributed by atoms with E-state index in [9.17, 15) is 14.7 Å². The second kappa shape index (κ2) is 8.03. The molecule has 0 aromatic heterocycles. The fourth-order valence-corrected chi connectivity index (χ4v) is 3.12. The predicted molar refractivity (Wildman–Crippen MR) is 102 cm³/mol. The van der Waals surface area contributed by atoms with Crippen molar-refractivity contribution < 1.29 is 14.7 Å². The summed E-state index contributed by atoms with van der Waals surface area (Å²) < 4.78 is 0. The molecular formula is C21H22N3O3-. The van der Waals surface area contributed by atoms with Gasteiger partial charge in [0.25, 0.3) is 0 Å². The molecule has 0 saturated heterocycles. The van der Waals surface area contributed by atoms with Gasteiger partial charge in [-0.25, -0.2) is 5.01 Å². The van der Waals surface area contributed by atoms with E-state index in [1.807, 2.05) is 73.6 Å². The average molecular weight is 364 g/mol. The van der Waals surface area contributed by atoms with E-state index in [1.165, 1.54) is 5.01 Å². The SMILES string of the molecule is CN(C)c1ccc([C@@H]2CC(c3ccccc3)=NN2C(=O)CCC(=O)[O-])cc1. The summed E-state index contributed by atoms with van der Waals surface area (Å²) in [7, 11) is 3.94. The second-order valence-electron chi connectivity index (χ2n) is 6.73. The van der Waals surface area contributed by atoms with Crippen LogP contribution in [0.5, 0.6) is 0 Å². The number of rotatable bonds is 6. The summed E-state index contributed by atoms with van der Waals surface area (Å²) in [5, 5.41) is 16.7. The molecule has 0 unspecified atom stereocenters. The number of hydrogen-bond donors (Lipinski definition) is 0. The fourth-order valence-electron chi connectivity index (χ4n) is 3.12. The number of amides is 1. The van der Waals surface area contributed by atoms with Gasteiger partial charge in [0.15, 0.2) is 0 Å². The molecule has 1 aliphatic rings. The lowest BCUT2D eigenvalue weighted by atomic mass is 9.98. The maximum atomic E-state index is 12.6. The molecule has 0 spiro atoms. The summed E-state index contributed by atoms with van der Waals surface area (Å²) in [6.45, 7) is 0. The molecule has 1 amide bonds. The van der Waals surface area contributed by atoms with E-state index >= 15 is 0 Å². The number of hydrogen-bond acceptors (Lipinski definition) is 5. The first-order chi connectivity index (χ1) is 13.0. The predicted octanol–water partition coefficient (Wildman–Crippen LogP) is 1.96. The van der Waals surface area contributed by atoms with Crippen LogP contribution in [0.4, 0.5) is 5.69 Å². The van der Waals surface area contributed by atoms with E-state index in [1.54, 1.807) is 0 Å². The first-order valence-corrected chi connectivity index (χ1v) is 8.88. The summed E-state index contributed by atoms with van der Waals surface area (Å²) in [4.78, 5) is 25.3. The van der Waals surface area contributed by atoms with Gasteiger partial charge in [-0.15, -0.1) is 0 Å². The Morgan fingerprint density at radius 2 is 1.74 bits per heavy atom. The minimum atomic E-state index is -1.23. The van der Waals surface area contributed by atoms with Crippen LogP contribution in [0.1, 0.15) is 36.4 Å². The molecule has 140 valence electrons. The maximum Gasteiger partial charge on any atom is 0.243 e. The Hall–Kier alpha value is -3.15. The standard InChI is InChI=1S/C21H23N3O3/c1-23(2)17-10-8-16(9-11-17)19-14-18(15-6-4-3-5-7-15)22-24(19)20(25)12-13-21(26)27/h3-11,19H,12-14H2,1-2H3,(H,26,27)/p-1/t19-/m0/s1. The van der Waals surface area contributed by atoms with Gasteiger partial charge in [-0.2, -0.15) is 5.10 Å². The van der Waals surface area contributed by atoms with Gasteiger partial charge in [0, 0.05) is 38.6 Å². The molecule has 2 aromatic carbocycles. The van der Waals surface area contributed by atoms with Crippen LogP contribution in [0.15, 0.2) is 59.7 Å². The minimum Gasteiger partial charge on any atom is -0.550 e. The number of aliphatic carboxylic acids is 1. The van der Waals surface area contributed by atoms with Gasteiger partial charge in [-0.3, -0.25) is 4.79 Å². The van der Waals surface area contributed by atoms with Crippen LogP contribution >= 0.6 is 0 Å². The third kappa shape index (κ3) is 4.34. The third-order valence-corrected chi connectivity index (χ3v) is 4.61. The minimum absolute atomic E-state index is 0.125. The molecule has 1 atom stereocenters. The molecule has 0 saturated carbocycles. The van der Waals surface area contributed by atoms with Crippen LogP contribution in [-0.2, 0) is 9.59 Å². The maximum absolute atomic E-state index is 12.6. The summed E-state index contributed by atoms with van der Waals surface area (Å²) in [5.41, 5.74) is 3.81. The largest absolute Gasteiger partial charge is 0.550 e. The lowest BCUT2D eigenvalue weighted by Gasteiger charge is -2.23. The lowest BCUT2D eigenvalue weighted by Crippen LogP contribution is -2.29. The molecule has 6 nitrogen and oxygen atoms in total. The molecule has 1 heterocycles. The normalized spacial score (nSPS) is 16.1. The van der Waals surface area contributed by atoms with Gasteiger partial charge in [0.2, 0.25) is 5.91 Å². The first-order valence-electron chi connectivity index (χ1n) is 8.88. The number of benzene rings is 2. The van der Waals surface area contributed by atoms with Crippen molar-refractivity contribution in [2.75, 3.05) is 19.0 Å². The molecule has 0 aliphatic carbocycles.